The van der Waals surface area contributed by atoms with Crippen molar-refractivity contribution in [1.29, 1.82) is 0 Å². The average molecular weight is 553 g/mol. The van der Waals surface area contributed by atoms with Gasteiger partial charge in [0.15, 0.2) is 0 Å². The van der Waals surface area contributed by atoms with Crippen molar-refractivity contribution in [3.8, 4) is 11.4 Å². The Morgan fingerprint density at radius 3 is 2.50 bits per heavy atom. The van der Waals surface area contributed by atoms with Gasteiger partial charge in [0.2, 0.25) is 0 Å². The molecule has 3 aromatic rings. The Hall–Kier alpha value is -3.49. The number of carbonyl (C=O) groups is 3. The molecule has 0 atom stereocenters. The molecular formula is C29H29ClN2O5S. The molecular weight excluding hydrogens is 524 g/mol. The number of imide groups is 1. The molecule has 0 bridgehead atoms. The first-order chi connectivity index (χ1) is 18.3. The van der Waals surface area contributed by atoms with E-state index in [1.54, 1.807) is 42.5 Å². The third-order valence-corrected chi connectivity index (χ3v) is 7.35. The quantitative estimate of drug-likeness (QED) is 0.156. The standard InChI is InChI=1S/C29H29ClN2O5S/c1-4-5-15-37-28(34)21-10-12-23(13-11-21)32-19(2)17-22(20(32)3)18-26-27(33)31(29(35)38-26)14-16-36-25-9-7-6-8-24(25)30/h6-13,17-18H,4-5,14-16H2,1-3H3/b26-18-. The lowest BCUT2D eigenvalue weighted by Gasteiger charge is -2.13. The number of rotatable bonds is 10. The lowest BCUT2D eigenvalue weighted by molar-refractivity contribution is -0.123. The molecule has 4 rings (SSSR count). The van der Waals surface area contributed by atoms with Crippen LogP contribution in [-0.2, 0) is 9.53 Å². The Balaban J connectivity index is 1.45. The summed E-state index contributed by atoms with van der Waals surface area (Å²) in [5.74, 6) is -0.177. The zero-order valence-electron chi connectivity index (χ0n) is 21.5. The monoisotopic (exact) mass is 552 g/mol. The van der Waals surface area contributed by atoms with Crippen LogP contribution in [0.1, 0.15) is 47.1 Å². The van der Waals surface area contributed by atoms with Gasteiger partial charge in [-0.05, 0) is 86.1 Å². The Kier molecular flexibility index (Phi) is 8.97. The zero-order valence-corrected chi connectivity index (χ0v) is 23.1. The number of esters is 1. The summed E-state index contributed by atoms with van der Waals surface area (Å²) in [6, 6.07) is 16.3. The molecule has 9 heteroatoms. The largest absolute Gasteiger partial charge is 0.490 e. The number of benzene rings is 2. The molecule has 2 aromatic carbocycles. The van der Waals surface area contributed by atoms with E-state index in [-0.39, 0.29) is 30.3 Å². The number of para-hydroxylation sites is 1. The van der Waals surface area contributed by atoms with Crippen LogP contribution in [0.25, 0.3) is 11.8 Å². The van der Waals surface area contributed by atoms with Gasteiger partial charge in [-0.2, -0.15) is 0 Å². The number of unbranched alkanes of at least 4 members (excludes halogenated alkanes) is 1. The zero-order chi connectivity index (χ0) is 27.2. The highest BCUT2D eigenvalue weighted by molar-refractivity contribution is 8.18. The van der Waals surface area contributed by atoms with Crippen LogP contribution in [0.4, 0.5) is 4.79 Å². The van der Waals surface area contributed by atoms with Gasteiger partial charge < -0.3 is 14.0 Å². The molecule has 0 spiro atoms. The van der Waals surface area contributed by atoms with Gasteiger partial charge in [-0.1, -0.05) is 37.1 Å². The molecule has 2 heterocycles. The third-order valence-electron chi connectivity index (χ3n) is 6.13. The van der Waals surface area contributed by atoms with E-state index in [1.165, 1.54) is 4.90 Å². The van der Waals surface area contributed by atoms with E-state index >= 15 is 0 Å². The molecule has 38 heavy (non-hydrogen) atoms. The highest BCUT2D eigenvalue weighted by Gasteiger charge is 2.35. The van der Waals surface area contributed by atoms with Crippen molar-refractivity contribution >= 4 is 46.6 Å². The summed E-state index contributed by atoms with van der Waals surface area (Å²) in [5, 5.41) is 0.137. The smallest absolute Gasteiger partial charge is 0.338 e. The Morgan fingerprint density at radius 2 is 1.79 bits per heavy atom. The molecule has 0 unspecified atom stereocenters. The fourth-order valence-electron chi connectivity index (χ4n) is 4.11. The Morgan fingerprint density at radius 1 is 1.05 bits per heavy atom. The molecule has 1 aliphatic heterocycles. The second-order valence-electron chi connectivity index (χ2n) is 8.81. The maximum atomic E-state index is 13.0. The van der Waals surface area contributed by atoms with E-state index in [9.17, 15) is 14.4 Å². The number of amides is 2. The maximum absolute atomic E-state index is 13.0. The predicted molar refractivity (Wildman–Crippen MR) is 150 cm³/mol. The van der Waals surface area contributed by atoms with Gasteiger partial charge in [-0.15, -0.1) is 0 Å². The first-order valence-electron chi connectivity index (χ1n) is 12.4. The van der Waals surface area contributed by atoms with Gasteiger partial charge in [0.05, 0.1) is 28.6 Å². The second-order valence-corrected chi connectivity index (χ2v) is 10.2. The van der Waals surface area contributed by atoms with Crippen molar-refractivity contribution in [3.63, 3.8) is 0 Å². The maximum Gasteiger partial charge on any atom is 0.338 e. The number of carbonyl (C=O) groups excluding carboxylic acids is 3. The van der Waals surface area contributed by atoms with E-state index in [2.05, 4.69) is 0 Å². The van der Waals surface area contributed by atoms with Crippen molar-refractivity contribution in [2.45, 2.75) is 33.6 Å². The summed E-state index contributed by atoms with van der Waals surface area (Å²) in [7, 11) is 0. The van der Waals surface area contributed by atoms with Crippen LogP contribution in [0.15, 0.2) is 59.5 Å². The summed E-state index contributed by atoms with van der Waals surface area (Å²) in [6.07, 6.45) is 3.55. The minimum Gasteiger partial charge on any atom is -0.490 e. The summed E-state index contributed by atoms with van der Waals surface area (Å²) in [6.45, 7) is 6.65. The van der Waals surface area contributed by atoms with Crippen molar-refractivity contribution in [2.24, 2.45) is 0 Å². The van der Waals surface area contributed by atoms with Crippen LogP contribution in [0.3, 0.4) is 0 Å². The van der Waals surface area contributed by atoms with E-state index in [4.69, 9.17) is 21.1 Å². The van der Waals surface area contributed by atoms with Gasteiger partial charge in [0.25, 0.3) is 11.1 Å². The SMILES string of the molecule is CCCCOC(=O)c1ccc(-n2c(C)cc(/C=C3\SC(=O)N(CCOc4ccccc4Cl)C3=O)c2C)cc1. The van der Waals surface area contributed by atoms with Gasteiger partial charge in [-0.3, -0.25) is 14.5 Å². The van der Waals surface area contributed by atoms with Gasteiger partial charge in [-0.25, -0.2) is 4.79 Å². The Bertz CT molecular complexity index is 1380. The first kappa shape index (κ1) is 27.5. The number of hydrogen-bond acceptors (Lipinski definition) is 6. The van der Waals surface area contributed by atoms with Crippen molar-refractivity contribution in [2.75, 3.05) is 19.8 Å². The third kappa shape index (κ3) is 6.14. The van der Waals surface area contributed by atoms with Crippen LogP contribution >= 0.6 is 23.4 Å². The van der Waals surface area contributed by atoms with Crippen molar-refractivity contribution < 1.29 is 23.9 Å². The van der Waals surface area contributed by atoms with E-state index in [0.717, 1.165) is 47.2 Å². The average Bonchev–Trinajstić information content (AvgIpc) is 3.33. The van der Waals surface area contributed by atoms with E-state index < -0.39 is 0 Å². The normalized spacial score (nSPS) is 14.4. The summed E-state index contributed by atoms with van der Waals surface area (Å²) < 4.78 is 13.0. The molecule has 7 nitrogen and oxygen atoms in total. The van der Waals surface area contributed by atoms with Crippen LogP contribution in [0, 0.1) is 13.8 Å². The van der Waals surface area contributed by atoms with Gasteiger partial charge in [0, 0.05) is 17.1 Å². The van der Waals surface area contributed by atoms with Crippen LogP contribution < -0.4 is 4.74 Å². The topological polar surface area (TPSA) is 77.8 Å². The van der Waals surface area contributed by atoms with Crippen LogP contribution in [0.2, 0.25) is 5.02 Å². The number of halogens is 1. The second kappa shape index (κ2) is 12.4. The molecule has 0 aliphatic carbocycles. The van der Waals surface area contributed by atoms with Gasteiger partial charge >= 0.3 is 5.97 Å². The lowest BCUT2D eigenvalue weighted by atomic mass is 10.2. The minimum atomic E-state index is -0.349. The molecule has 0 radical (unpaired) electrons. The lowest BCUT2D eigenvalue weighted by Crippen LogP contribution is -2.32. The number of aromatic nitrogens is 1. The molecule has 1 aromatic heterocycles. The molecule has 1 fully saturated rings. The molecule has 198 valence electrons. The fourth-order valence-corrected chi connectivity index (χ4v) is 5.16. The molecule has 2 amide bonds. The van der Waals surface area contributed by atoms with E-state index in [0.29, 0.717) is 27.8 Å². The highest BCUT2D eigenvalue weighted by atomic mass is 35.5. The summed E-state index contributed by atoms with van der Waals surface area (Å²) >= 11 is 7.02. The number of aryl methyl sites for hydroxylation is 1. The van der Waals surface area contributed by atoms with E-state index in [1.807, 2.05) is 43.5 Å². The van der Waals surface area contributed by atoms with Crippen LogP contribution in [0.5, 0.6) is 5.75 Å². The van der Waals surface area contributed by atoms with Gasteiger partial charge in [0.1, 0.15) is 12.4 Å². The molecule has 1 saturated heterocycles. The highest BCUT2D eigenvalue weighted by Crippen LogP contribution is 2.34. The van der Waals surface area contributed by atoms with Crippen molar-refractivity contribution in [3.05, 3.63) is 87.0 Å². The number of hydrogen-bond donors (Lipinski definition) is 0. The summed E-state index contributed by atoms with van der Waals surface area (Å²) in [5.41, 5.74) is 4.09. The number of thioether (sulfide) groups is 1. The minimum absolute atomic E-state index is 0.124. The Labute approximate surface area is 231 Å². The first-order valence-corrected chi connectivity index (χ1v) is 13.6. The fraction of sp³-hybridized carbons (Fsp3) is 0.276. The number of ether oxygens (including phenoxy) is 2. The van der Waals surface area contributed by atoms with Crippen molar-refractivity contribution in [1.82, 2.24) is 9.47 Å². The summed E-state index contributed by atoms with van der Waals surface area (Å²) in [4.78, 5) is 39.3. The molecule has 0 saturated carbocycles. The number of nitrogens with zero attached hydrogens (tertiary/aromatic N) is 2. The van der Waals surface area contributed by atoms with Crippen LogP contribution in [-0.4, -0.2) is 46.3 Å². The predicted octanol–water partition coefficient (Wildman–Crippen LogP) is 6.82. The molecule has 0 N–H and O–H groups in total. The molecule has 1 aliphatic rings.